The van der Waals surface area contributed by atoms with Crippen LogP contribution in [0.5, 0.6) is 0 Å². The number of aromatic nitrogens is 3. The molecule has 2 rings (SSSR count). The number of aromatic carboxylic acids is 1. The number of carboxylic acids is 1. The quantitative estimate of drug-likeness (QED) is 0.651. The molecule has 8 nitrogen and oxygen atoms in total. The smallest absolute Gasteiger partial charge is 0.358 e. The predicted molar refractivity (Wildman–Crippen MR) is 74.7 cm³/mol. The fraction of sp³-hybridized carbons (Fsp3) is 0.308. The zero-order valence-corrected chi connectivity index (χ0v) is 11.4. The molecule has 0 fully saturated rings. The van der Waals surface area contributed by atoms with Crippen molar-refractivity contribution in [1.82, 2.24) is 15.0 Å². The van der Waals surface area contributed by atoms with E-state index >= 15 is 0 Å². The van der Waals surface area contributed by atoms with Gasteiger partial charge in [-0.2, -0.15) is 0 Å². The first-order chi connectivity index (χ1) is 10.0. The highest BCUT2D eigenvalue weighted by atomic mass is 16.5. The first kappa shape index (κ1) is 14.9. The molecule has 0 aliphatic rings. The van der Waals surface area contributed by atoms with Gasteiger partial charge in [0, 0.05) is 18.4 Å². The van der Waals surface area contributed by atoms with Crippen molar-refractivity contribution in [3.63, 3.8) is 0 Å². The minimum Gasteiger partial charge on any atom is -0.476 e. The van der Waals surface area contributed by atoms with Gasteiger partial charge in [0.2, 0.25) is 0 Å². The molecule has 2 aromatic rings. The summed E-state index contributed by atoms with van der Waals surface area (Å²) in [6.45, 7) is 0.192. The third kappa shape index (κ3) is 3.36. The maximum absolute atomic E-state index is 11.3. The Morgan fingerprint density at radius 3 is 2.67 bits per heavy atom. The van der Waals surface area contributed by atoms with Crippen LogP contribution in [-0.4, -0.2) is 51.0 Å². The summed E-state index contributed by atoms with van der Waals surface area (Å²) in [6, 6.07) is 6.67. The summed E-state index contributed by atoms with van der Waals surface area (Å²) in [5, 5.41) is 26.4. The van der Waals surface area contributed by atoms with Crippen molar-refractivity contribution in [2.24, 2.45) is 0 Å². The van der Waals surface area contributed by atoms with E-state index in [9.17, 15) is 15.0 Å². The lowest BCUT2D eigenvalue weighted by Crippen LogP contribution is -2.22. The highest BCUT2D eigenvalue weighted by Gasteiger charge is 2.21. The minimum atomic E-state index is -1.19. The summed E-state index contributed by atoms with van der Waals surface area (Å²) in [7, 11) is 1.47. The molecule has 112 valence electrons. The first-order valence-electron chi connectivity index (χ1n) is 6.22. The Bertz CT molecular complexity index is 624. The highest BCUT2D eigenvalue weighted by Crippen LogP contribution is 2.23. The lowest BCUT2D eigenvalue weighted by atomic mass is 10.1. The maximum Gasteiger partial charge on any atom is 0.358 e. The fourth-order valence-electron chi connectivity index (χ4n) is 1.96. The van der Waals surface area contributed by atoms with Crippen molar-refractivity contribution in [1.29, 1.82) is 0 Å². The average Bonchev–Trinajstić information content (AvgIpc) is 2.83. The second kappa shape index (κ2) is 6.33. The number of nitrogens with zero attached hydrogens (tertiary/aromatic N) is 3. The molecule has 0 saturated heterocycles. The van der Waals surface area contributed by atoms with Crippen LogP contribution in [0.2, 0.25) is 0 Å². The van der Waals surface area contributed by atoms with Crippen molar-refractivity contribution >= 4 is 11.7 Å². The van der Waals surface area contributed by atoms with E-state index in [4.69, 9.17) is 10.5 Å². The third-order valence-corrected chi connectivity index (χ3v) is 2.86. The van der Waals surface area contributed by atoms with Gasteiger partial charge in [0.05, 0.1) is 19.3 Å². The van der Waals surface area contributed by atoms with E-state index in [2.05, 4.69) is 10.3 Å². The summed E-state index contributed by atoms with van der Waals surface area (Å²) in [6.07, 6.45) is -0.814. The van der Waals surface area contributed by atoms with Gasteiger partial charge in [0.25, 0.3) is 0 Å². The molecule has 8 heteroatoms. The Balaban J connectivity index is 2.42. The summed E-state index contributed by atoms with van der Waals surface area (Å²) < 4.78 is 6.19. The summed E-state index contributed by atoms with van der Waals surface area (Å²) >= 11 is 0. The number of carboxylic acid groups (broad SMARTS) is 1. The zero-order valence-electron chi connectivity index (χ0n) is 11.4. The number of carbonyl (C=O) groups is 1. The molecule has 0 aliphatic carbocycles. The zero-order chi connectivity index (χ0) is 15.4. The SMILES string of the molecule is COCC(O)Cn1nnc(C(=O)O)c1-c1ccc(N)cc1. The monoisotopic (exact) mass is 292 g/mol. The maximum atomic E-state index is 11.3. The van der Waals surface area contributed by atoms with Crippen LogP contribution in [0.1, 0.15) is 10.5 Å². The number of benzene rings is 1. The molecule has 1 heterocycles. The number of nitrogen functional groups attached to an aromatic ring is 1. The molecule has 1 aromatic carbocycles. The number of rotatable bonds is 6. The second-order valence-electron chi connectivity index (χ2n) is 4.51. The molecule has 0 bridgehead atoms. The lowest BCUT2D eigenvalue weighted by molar-refractivity contribution is 0.0513. The standard InChI is InChI=1S/C13H16N4O4/c1-21-7-10(18)6-17-12(11(13(19)20)15-16-17)8-2-4-9(14)5-3-8/h2-5,10,18H,6-7,14H2,1H3,(H,19,20). The van der Waals surface area contributed by atoms with Crippen molar-refractivity contribution in [2.45, 2.75) is 12.6 Å². The minimum absolute atomic E-state index is 0.0772. The van der Waals surface area contributed by atoms with Gasteiger partial charge in [-0.15, -0.1) is 5.10 Å². The van der Waals surface area contributed by atoms with Gasteiger partial charge in [-0.1, -0.05) is 17.3 Å². The van der Waals surface area contributed by atoms with Gasteiger partial charge >= 0.3 is 5.97 Å². The number of ether oxygens (including phenoxy) is 1. The van der Waals surface area contributed by atoms with Crippen LogP contribution in [0.25, 0.3) is 11.3 Å². The lowest BCUT2D eigenvalue weighted by Gasteiger charge is -2.12. The van der Waals surface area contributed by atoms with Gasteiger partial charge in [-0.3, -0.25) is 0 Å². The van der Waals surface area contributed by atoms with Crippen LogP contribution >= 0.6 is 0 Å². The summed E-state index contributed by atoms with van der Waals surface area (Å²) in [5.74, 6) is -1.19. The molecule has 1 unspecified atom stereocenters. The number of nitrogens with two attached hydrogens (primary N) is 1. The van der Waals surface area contributed by atoms with Crippen LogP contribution in [0, 0.1) is 0 Å². The number of hydrogen-bond acceptors (Lipinski definition) is 6. The van der Waals surface area contributed by atoms with E-state index in [1.165, 1.54) is 11.8 Å². The van der Waals surface area contributed by atoms with Gasteiger partial charge in [-0.05, 0) is 12.1 Å². The van der Waals surface area contributed by atoms with Crippen LogP contribution in [0.4, 0.5) is 5.69 Å². The van der Waals surface area contributed by atoms with Crippen LogP contribution in [-0.2, 0) is 11.3 Å². The van der Waals surface area contributed by atoms with Gasteiger partial charge in [-0.25, -0.2) is 9.48 Å². The summed E-state index contributed by atoms with van der Waals surface area (Å²) in [5.41, 5.74) is 6.94. The van der Waals surface area contributed by atoms with E-state index in [0.29, 0.717) is 16.9 Å². The van der Waals surface area contributed by atoms with E-state index in [-0.39, 0.29) is 18.8 Å². The normalized spacial score (nSPS) is 12.3. The van der Waals surface area contributed by atoms with Crippen LogP contribution < -0.4 is 5.73 Å². The first-order valence-corrected chi connectivity index (χ1v) is 6.22. The van der Waals surface area contributed by atoms with Crippen molar-refractivity contribution in [3.05, 3.63) is 30.0 Å². The second-order valence-corrected chi connectivity index (χ2v) is 4.51. The van der Waals surface area contributed by atoms with Crippen molar-refractivity contribution in [3.8, 4) is 11.3 Å². The number of hydrogen-bond donors (Lipinski definition) is 3. The molecular weight excluding hydrogens is 276 g/mol. The molecule has 0 radical (unpaired) electrons. The molecule has 1 atom stereocenters. The molecule has 0 aliphatic heterocycles. The Kier molecular flexibility index (Phi) is 4.51. The van der Waals surface area contributed by atoms with Crippen molar-refractivity contribution in [2.75, 3.05) is 19.5 Å². The average molecular weight is 292 g/mol. The molecule has 4 N–H and O–H groups in total. The van der Waals surface area contributed by atoms with Gasteiger partial charge in [0.15, 0.2) is 5.69 Å². The van der Waals surface area contributed by atoms with Gasteiger partial charge < -0.3 is 20.7 Å². The Morgan fingerprint density at radius 1 is 1.43 bits per heavy atom. The van der Waals surface area contributed by atoms with E-state index < -0.39 is 12.1 Å². The van der Waals surface area contributed by atoms with E-state index in [1.54, 1.807) is 24.3 Å². The third-order valence-electron chi connectivity index (χ3n) is 2.86. The molecule has 21 heavy (non-hydrogen) atoms. The molecule has 1 aromatic heterocycles. The summed E-state index contributed by atoms with van der Waals surface area (Å²) in [4.78, 5) is 11.3. The van der Waals surface area contributed by atoms with E-state index in [0.717, 1.165) is 0 Å². The Hall–Kier alpha value is -2.45. The molecule has 0 saturated carbocycles. The number of methoxy groups -OCH3 is 1. The highest BCUT2D eigenvalue weighted by molar-refractivity contribution is 5.92. The van der Waals surface area contributed by atoms with Gasteiger partial charge in [0.1, 0.15) is 5.69 Å². The molecule has 0 amide bonds. The number of anilines is 1. The topological polar surface area (TPSA) is 123 Å². The molecule has 0 spiro atoms. The predicted octanol–water partition coefficient (Wildman–Crippen LogP) is 0.233. The largest absolute Gasteiger partial charge is 0.476 e. The van der Waals surface area contributed by atoms with Crippen molar-refractivity contribution < 1.29 is 19.7 Å². The van der Waals surface area contributed by atoms with E-state index in [1.807, 2.05) is 0 Å². The molecular formula is C13H16N4O4. The Labute approximate surface area is 120 Å². The van der Waals surface area contributed by atoms with Crippen LogP contribution in [0.3, 0.4) is 0 Å². The number of aliphatic hydroxyl groups is 1. The number of aliphatic hydroxyl groups excluding tert-OH is 1. The Morgan fingerprint density at radius 2 is 2.10 bits per heavy atom. The van der Waals surface area contributed by atoms with Crippen LogP contribution in [0.15, 0.2) is 24.3 Å². The fourth-order valence-corrected chi connectivity index (χ4v) is 1.96.